The third kappa shape index (κ3) is 1.81. The number of aryl methyl sites for hydroxylation is 1. The van der Waals surface area contributed by atoms with E-state index in [1.165, 1.54) is 0 Å². The largest absolute Gasteiger partial charge is 0.354 e. The van der Waals surface area contributed by atoms with Crippen LogP contribution in [0.4, 0.5) is 0 Å². The van der Waals surface area contributed by atoms with E-state index in [1.807, 2.05) is 31.2 Å². The summed E-state index contributed by atoms with van der Waals surface area (Å²) in [7, 11) is 1.60. The van der Waals surface area contributed by atoms with Gasteiger partial charge in [-0.1, -0.05) is 18.2 Å². The van der Waals surface area contributed by atoms with E-state index in [4.69, 9.17) is 0 Å². The molecule has 76 valence electrons. The average Bonchev–Trinajstić information content (AvgIpc) is 2.27. The molecule has 0 aliphatic carbocycles. The van der Waals surface area contributed by atoms with Gasteiger partial charge in [0.2, 0.25) is 0 Å². The molecule has 0 unspecified atom stereocenters. The molecule has 0 bridgehead atoms. The molecule has 3 nitrogen and oxygen atoms in total. The molecule has 3 heteroatoms. The minimum Gasteiger partial charge on any atom is -0.354 e. The number of rotatable bonds is 1. The van der Waals surface area contributed by atoms with Crippen molar-refractivity contribution >= 4 is 16.8 Å². The monoisotopic (exact) mass is 200 g/mol. The van der Waals surface area contributed by atoms with Crippen LogP contribution < -0.4 is 5.32 Å². The van der Waals surface area contributed by atoms with E-state index in [-0.39, 0.29) is 5.91 Å². The molecule has 0 saturated heterocycles. The van der Waals surface area contributed by atoms with Gasteiger partial charge in [-0.2, -0.15) is 0 Å². The Morgan fingerprint density at radius 3 is 2.73 bits per heavy atom. The van der Waals surface area contributed by atoms with Crippen molar-refractivity contribution in [2.24, 2.45) is 0 Å². The predicted octanol–water partition coefficient (Wildman–Crippen LogP) is 1.90. The quantitative estimate of drug-likeness (QED) is 0.764. The third-order valence-corrected chi connectivity index (χ3v) is 2.31. The molecule has 1 heterocycles. The summed E-state index contributed by atoms with van der Waals surface area (Å²) in [5.41, 5.74) is 2.45. The Morgan fingerprint density at radius 1 is 1.27 bits per heavy atom. The zero-order valence-corrected chi connectivity index (χ0v) is 8.74. The normalized spacial score (nSPS) is 10.3. The minimum atomic E-state index is -0.154. The molecule has 0 aliphatic heterocycles. The Labute approximate surface area is 88.1 Å². The van der Waals surface area contributed by atoms with Crippen LogP contribution in [0.3, 0.4) is 0 Å². The van der Waals surface area contributed by atoms with E-state index < -0.39 is 0 Å². The third-order valence-electron chi connectivity index (χ3n) is 2.31. The molecular weight excluding hydrogens is 188 g/mol. The Hall–Kier alpha value is -1.90. The predicted molar refractivity (Wildman–Crippen MR) is 59.9 cm³/mol. The smallest absolute Gasteiger partial charge is 0.269 e. The van der Waals surface area contributed by atoms with Crippen molar-refractivity contribution in [2.75, 3.05) is 7.05 Å². The highest BCUT2D eigenvalue weighted by molar-refractivity contribution is 5.94. The lowest BCUT2D eigenvalue weighted by atomic mass is 10.1. The highest BCUT2D eigenvalue weighted by Gasteiger charge is 2.05. The number of carbonyl (C=O) groups excluding carboxylic acids is 1. The summed E-state index contributed by atoms with van der Waals surface area (Å²) in [6.45, 7) is 2.01. The number of benzene rings is 1. The summed E-state index contributed by atoms with van der Waals surface area (Å²) in [5, 5.41) is 3.61. The standard InChI is InChI=1S/C12H12N2O/c1-8-3-4-9-5-6-10(12(15)13-2)14-11(9)7-8/h3-7H,1-2H3,(H,13,15). The molecule has 2 aromatic rings. The van der Waals surface area contributed by atoms with Crippen LogP contribution in [0.2, 0.25) is 0 Å². The Morgan fingerprint density at radius 2 is 2.00 bits per heavy atom. The van der Waals surface area contributed by atoms with Gasteiger partial charge in [0.25, 0.3) is 5.91 Å². The van der Waals surface area contributed by atoms with Crippen molar-refractivity contribution in [2.45, 2.75) is 6.92 Å². The maximum absolute atomic E-state index is 11.4. The molecule has 15 heavy (non-hydrogen) atoms. The maximum Gasteiger partial charge on any atom is 0.269 e. The van der Waals surface area contributed by atoms with E-state index in [0.717, 1.165) is 16.5 Å². The van der Waals surface area contributed by atoms with Crippen LogP contribution in [0.1, 0.15) is 16.1 Å². The zero-order valence-electron chi connectivity index (χ0n) is 8.74. The topological polar surface area (TPSA) is 42.0 Å². The summed E-state index contributed by atoms with van der Waals surface area (Å²) in [5.74, 6) is -0.154. The molecule has 1 aromatic heterocycles. The lowest BCUT2D eigenvalue weighted by Gasteiger charge is -2.02. The fourth-order valence-corrected chi connectivity index (χ4v) is 1.48. The van der Waals surface area contributed by atoms with Gasteiger partial charge in [0.05, 0.1) is 5.52 Å². The number of carbonyl (C=O) groups is 1. The number of aromatic nitrogens is 1. The molecule has 1 amide bonds. The van der Waals surface area contributed by atoms with Crippen molar-refractivity contribution in [3.63, 3.8) is 0 Å². The van der Waals surface area contributed by atoms with E-state index in [1.54, 1.807) is 13.1 Å². The SMILES string of the molecule is CNC(=O)c1ccc2ccc(C)cc2n1. The van der Waals surface area contributed by atoms with Crippen molar-refractivity contribution in [1.29, 1.82) is 0 Å². The van der Waals surface area contributed by atoms with E-state index in [9.17, 15) is 4.79 Å². The highest BCUT2D eigenvalue weighted by Crippen LogP contribution is 2.14. The van der Waals surface area contributed by atoms with Gasteiger partial charge in [-0.25, -0.2) is 4.98 Å². The fourth-order valence-electron chi connectivity index (χ4n) is 1.48. The van der Waals surface area contributed by atoms with Gasteiger partial charge in [0.15, 0.2) is 0 Å². The average molecular weight is 200 g/mol. The fraction of sp³-hybridized carbons (Fsp3) is 0.167. The molecule has 0 spiro atoms. The first kappa shape index (κ1) is 9.65. The Balaban J connectivity index is 2.59. The van der Waals surface area contributed by atoms with Gasteiger partial charge in [-0.15, -0.1) is 0 Å². The number of pyridine rings is 1. The minimum absolute atomic E-state index is 0.154. The van der Waals surface area contributed by atoms with Gasteiger partial charge in [-0.05, 0) is 24.6 Å². The zero-order chi connectivity index (χ0) is 10.8. The van der Waals surface area contributed by atoms with Crippen LogP contribution in [-0.4, -0.2) is 17.9 Å². The lowest BCUT2D eigenvalue weighted by molar-refractivity contribution is 0.0958. The molecule has 1 aromatic carbocycles. The van der Waals surface area contributed by atoms with Crippen molar-refractivity contribution in [3.8, 4) is 0 Å². The molecule has 0 atom stereocenters. The van der Waals surface area contributed by atoms with Gasteiger partial charge in [0.1, 0.15) is 5.69 Å². The van der Waals surface area contributed by atoms with Crippen LogP contribution in [-0.2, 0) is 0 Å². The van der Waals surface area contributed by atoms with Crippen molar-refractivity contribution in [3.05, 3.63) is 41.6 Å². The molecule has 1 N–H and O–H groups in total. The first-order valence-corrected chi connectivity index (χ1v) is 4.80. The first-order valence-electron chi connectivity index (χ1n) is 4.80. The molecule has 0 aliphatic rings. The second-order valence-electron chi connectivity index (χ2n) is 3.47. The highest BCUT2D eigenvalue weighted by atomic mass is 16.1. The summed E-state index contributed by atoms with van der Waals surface area (Å²) in [6, 6.07) is 9.65. The van der Waals surface area contributed by atoms with Crippen molar-refractivity contribution in [1.82, 2.24) is 10.3 Å². The number of nitrogens with zero attached hydrogens (tertiary/aromatic N) is 1. The summed E-state index contributed by atoms with van der Waals surface area (Å²) in [4.78, 5) is 15.7. The van der Waals surface area contributed by atoms with Crippen LogP contribution in [0, 0.1) is 6.92 Å². The molecule has 0 radical (unpaired) electrons. The Bertz CT molecular complexity index is 520. The van der Waals surface area contributed by atoms with Gasteiger partial charge in [0, 0.05) is 12.4 Å². The van der Waals surface area contributed by atoms with Crippen LogP contribution in [0.15, 0.2) is 30.3 Å². The molecule has 0 saturated carbocycles. The van der Waals surface area contributed by atoms with Gasteiger partial charge in [-0.3, -0.25) is 4.79 Å². The molecular formula is C12H12N2O. The van der Waals surface area contributed by atoms with Gasteiger partial charge < -0.3 is 5.32 Å². The van der Waals surface area contributed by atoms with Crippen molar-refractivity contribution < 1.29 is 4.79 Å². The van der Waals surface area contributed by atoms with Crippen LogP contribution >= 0.6 is 0 Å². The maximum atomic E-state index is 11.4. The van der Waals surface area contributed by atoms with Gasteiger partial charge >= 0.3 is 0 Å². The second-order valence-corrected chi connectivity index (χ2v) is 3.47. The summed E-state index contributed by atoms with van der Waals surface area (Å²) in [6.07, 6.45) is 0. The van der Waals surface area contributed by atoms with Crippen LogP contribution in [0.25, 0.3) is 10.9 Å². The second kappa shape index (κ2) is 3.69. The van der Waals surface area contributed by atoms with Crippen LogP contribution in [0.5, 0.6) is 0 Å². The number of hydrogen-bond donors (Lipinski definition) is 1. The lowest BCUT2D eigenvalue weighted by Crippen LogP contribution is -2.18. The van der Waals surface area contributed by atoms with E-state index >= 15 is 0 Å². The number of nitrogens with one attached hydrogen (secondary N) is 1. The van der Waals surface area contributed by atoms with E-state index in [2.05, 4.69) is 10.3 Å². The molecule has 2 rings (SSSR count). The number of amides is 1. The Kier molecular flexibility index (Phi) is 2.37. The molecule has 0 fully saturated rings. The van der Waals surface area contributed by atoms with E-state index in [0.29, 0.717) is 5.69 Å². The summed E-state index contributed by atoms with van der Waals surface area (Å²) >= 11 is 0. The first-order chi connectivity index (χ1) is 7.20. The number of fused-ring (bicyclic) bond motifs is 1. The summed E-state index contributed by atoms with van der Waals surface area (Å²) < 4.78 is 0. The number of hydrogen-bond acceptors (Lipinski definition) is 2.